The van der Waals surface area contributed by atoms with Gasteiger partial charge in [0, 0.05) is 57.3 Å². The Morgan fingerprint density at radius 2 is 1.00 bits per heavy atom. The van der Waals surface area contributed by atoms with Gasteiger partial charge in [-0.3, -0.25) is 28.8 Å². The molecule has 7 aliphatic rings. The highest BCUT2D eigenvalue weighted by atomic mass is 16.7. The fourth-order valence-electron chi connectivity index (χ4n) is 15.3. The van der Waals surface area contributed by atoms with E-state index in [-0.39, 0.29) is 63.0 Å². The molecule has 6 aromatic carbocycles. The van der Waals surface area contributed by atoms with E-state index in [2.05, 4.69) is 76.8 Å². The third kappa shape index (κ3) is 21.4. The number of ether oxygens (including phenoxy) is 2. The molecule has 13 rings (SSSR count). The number of methoxy groups -OCH3 is 1. The molecular weight excluding hydrogens is 1450 g/mol. The maximum absolute atomic E-state index is 14.9. The summed E-state index contributed by atoms with van der Waals surface area (Å²) in [6.45, 7) is 15.9. The van der Waals surface area contributed by atoms with Crippen LogP contribution in [0.15, 0.2) is 185 Å². The van der Waals surface area contributed by atoms with Gasteiger partial charge in [0.1, 0.15) is 30.8 Å². The lowest BCUT2D eigenvalue weighted by Crippen LogP contribution is -2.60. The molecule has 4 heterocycles. The number of benzene rings is 6. The summed E-state index contributed by atoms with van der Waals surface area (Å²) in [5.74, 6) is -2.77. The quantitative estimate of drug-likeness (QED) is 0.0176. The number of aliphatic hydroxyl groups excluding tert-OH is 1. The third-order valence-electron chi connectivity index (χ3n) is 21.7. The number of aliphatic imine (C=N–C) groups is 1. The molecule has 9 amide bonds. The molecule has 10 atom stereocenters. The monoisotopic (exact) mass is 1560 g/mol. The van der Waals surface area contributed by atoms with Gasteiger partial charge in [0.2, 0.25) is 29.7 Å². The number of aliphatic hydroxyl groups is 1. The Morgan fingerprint density at radius 1 is 0.570 bits per heavy atom. The smallest absolute Gasteiger partial charge is 0.407 e. The summed E-state index contributed by atoms with van der Waals surface area (Å²) < 4.78 is 11.5. The lowest BCUT2D eigenvalue weighted by atomic mass is 9.85. The molecule has 8 N–H and O–H groups in total. The fraction of sp³-hybridized carbons (Fsp3) is 0.466. The molecule has 26 nitrogen and oxygen atoms in total. The molecule has 3 aliphatic carbocycles. The van der Waals surface area contributed by atoms with Crippen LogP contribution in [0.3, 0.4) is 0 Å². The van der Waals surface area contributed by atoms with Crippen molar-refractivity contribution in [3.8, 4) is 11.1 Å². The van der Waals surface area contributed by atoms with Crippen LogP contribution in [0.25, 0.3) is 11.1 Å². The summed E-state index contributed by atoms with van der Waals surface area (Å²) >= 11 is 0. The number of rotatable bonds is 27. The second-order valence-corrected chi connectivity index (χ2v) is 32.8. The summed E-state index contributed by atoms with van der Waals surface area (Å²) in [7, 11) is 1.46. The first kappa shape index (κ1) is 83.8. The number of nitrogens with zero attached hydrogens (tertiary/aromatic N) is 5. The maximum Gasteiger partial charge on any atom is 0.407 e. The first-order valence-corrected chi connectivity index (χ1v) is 39.6. The highest BCUT2D eigenvalue weighted by molar-refractivity contribution is 6.03. The van der Waals surface area contributed by atoms with Crippen molar-refractivity contribution in [3.63, 3.8) is 0 Å². The Hall–Kier alpha value is -11.1. The highest BCUT2D eigenvalue weighted by Crippen LogP contribution is 2.46. The Bertz CT molecular complexity index is 4420. The van der Waals surface area contributed by atoms with E-state index in [9.17, 15) is 48.3 Å². The molecule has 4 aliphatic heterocycles. The van der Waals surface area contributed by atoms with Gasteiger partial charge in [0.15, 0.2) is 23.4 Å². The molecule has 6 aromatic rings. The average molecular weight is 1560 g/mol. The minimum Gasteiger partial charge on any atom is -0.449 e. The SMILES string of the molecule is CCC[C@H](NC(=O)[C@@H]1C[C@]2(CC(c3ccccc3)=NO2)CN1C(=O)[C@@H](NC(=O)NCc1ccccc1)C(C)(C)C)C(O)C(=O)NC1CC1.CCC[C@H](NC(=O)[C@@H]1C[C@]2(CC(c3ccccc3)=NO2)CN1C(=O)[C@@H](NC(=O)OCC1c2ccccc2-c2ccccc21)C(C)(C)C)C(OC)C(=O)NC1CC1.O=C=NCc1ccccc1. The zero-order chi connectivity index (χ0) is 81.3. The van der Waals surface area contributed by atoms with Crippen molar-refractivity contribution in [2.24, 2.45) is 26.1 Å². The number of amides is 9. The molecule has 604 valence electrons. The summed E-state index contributed by atoms with van der Waals surface area (Å²) in [5.41, 5.74) is 6.12. The largest absolute Gasteiger partial charge is 0.449 e. The number of carbonyl (C=O) groups is 8. The average Bonchev–Trinajstić information content (AvgIpc) is 1.61. The van der Waals surface area contributed by atoms with Crippen molar-refractivity contribution in [2.75, 3.05) is 26.8 Å². The van der Waals surface area contributed by atoms with Crippen LogP contribution in [-0.4, -0.2) is 179 Å². The van der Waals surface area contributed by atoms with E-state index in [1.54, 1.807) is 0 Å². The van der Waals surface area contributed by atoms with Gasteiger partial charge in [0.05, 0.1) is 43.1 Å². The van der Waals surface area contributed by atoms with Gasteiger partial charge in [-0.2, -0.15) is 0 Å². The standard InChI is InChI=1S/C44H53N5O7.C36H48N6O6.C8H7NO/c1-6-14-34(37(54-5)40(51)45-28-21-22-28)46-39(50)36-24-44(23-35(48-56-44)27-15-8-7-9-16-27)26-49(36)41(52)38(43(2,3)4)47-42(53)55-25-33-31-19-12-10-17-29(31)30-18-11-13-20-32(30)33;1-5-12-26(29(43)32(45)38-25-17-18-25)39-31(44)28-20-36(19-27(41-48-36)24-15-10-7-11-16-24)22-42(28)33(46)30(35(2,3)4)40-34(47)37-21-23-13-8-6-9-14-23;10-7-9-6-8-4-2-1-3-5-8/h7-13,15-20,28,33-34,36-38H,6,14,21-26H2,1-5H3,(H,45,51)(H,46,50)(H,47,53);6-11,13-16,25-26,28-30,43H,5,12,17-22H2,1-4H3,(H,38,45)(H,39,44)(H2,37,40,47);1-5H,6H2/t34-,36-,37?,38+,44+;26-,28-,29?,30+,36+;/m00./s1. The fourth-order valence-corrected chi connectivity index (χ4v) is 15.3. The molecule has 4 fully saturated rings. The van der Waals surface area contributed by atoms with Crippen LogP contribution in [0.1, 0.15) is 172 Å². The Balaban J connectivity index is 0.000000202. The summed E-state index contributed by atoms with van der Waals surface area (Å²) in [6.07, 6.45) is 5.19. The Labute approximate surface area is 666 Å². The van der Waals surface area contributed by atoms with Crippen LogP contribution in [0.5, 0.6) is 0 Å². The van der Waals surface area contributed by atoms with Gasteiger partial charge in [-0.15, -0.1) is 0 Å². The summed E-state index contributed by atoms with van der Waals surface area (Å²) in [6, 6.07) is 48.6. The predicted octanol–water partition coefficient (Wildman–Crippen LogP) is 10.2. The predicted molar refractivity (Wildman–Crippen MR) is 431 cm³/mol. The van der Waals surface area contributed by atoms with E-state index in [1.807, 2.05) is 201 Å². The number of oxime groups is 2. The number of isocyanates is 1. The zero-order valence-electron chi connectivity index (χ0n) is 66.5. The van der Waals surface area contributed by atoms with E-state index in [0.29, 0.717) is 50.8 Å². The Kier molecular flexibility index (Phi) is 27.7. The van der Waals surface area contributed by atoms with E-state index in [1.165, 1.54) is 23.0 Å². The van der Waals surface area contributed by atoms with E-state index < -0.39 is 112 Å². The lowest BCUT2D eigenvalue weighted by molar-refractivity contribution is -0.143. The van der Waals surface area contributed by atoms with Gasteiger partial charge in [-0.1, -0.05) is 248 Å². The Morgan fingerprint density at radius 3 is 1.46 bits per heavy atom. The summed E-state index contributed by atoms with van der Waals surface area (Å²) in [5, 5.41) is 40.1. The van der Waals surface area contributed by atoms with Crippen LogP contribution in [0, 0.1) is 10.8 Å². The molecule has 26 heteroatoms. The number of hydrogen-bond acceptors (Lipinski definition) is 17. The van der Waals surface area contributed by atoms with E-state index in [0.717, 1.165) is 75.9 Å². The molecule has 0 aromatic heterocycles. The molecule has 0 radical (unpaired) electrons. The maximum atomic E-state index is 14.9. The molecule has 2 saturated carbocycles. The van der Waals surface area contributed by atoms with Gasteiger partial charge in [-0.25, -0.2) is 19.4 Å². The van der Waals surface area contributed by atoms with Gasteiger partial charge >= 0.3 is 12.1 Å². The van der Waals surface area contributed by atoms with Crippen molar-refractivity contribution < 1.29 is 67.4 Å². The van der Waals surface area contributed by atoms with E-state index >= 15 is 0 Å². The van der Waals surface area contributed by atoms with Crippen molar-refractivity contribution in [3.05, 3.63) is 203 Å². The first-order valence-electron chi connectivity index (χ1n) is 39.6. The van der Waals surface area contributed by atoms with Crippen molar-refractivity contribution in [2.45, 2.75) is 223 Å². The second-order valence-electron chi connectivity index (χ2n) is 32.8. The minimum atomic E-state index is -1.44. The minimum absolute atomic E-state index is 0.0537. The first-order chi connectivity index (χ1) is 54.7. The number of nitrogens with one attached hydrogen (secondary N) is 7. The van der Waals surface area contributed by atoms with E-state index in [4.69, 9.17) is 19.1 Å². The van der Waals surface area contributed by atoms with Crippen molar-refractivity contribution >= 4 is 65.1 Å². The molecule has 0 bridgehead atoms. The number of fused-ring (bicyclic) bond motifs is 3. The van der Waals surface area contributed by atoms with Gasteiger partial charge in [0.25, 0.3) is 11.8 Å². The normalized spacial score (nSPS) is 20.7. The number of alkyl carbamates (subject to hydrolysis) is 1. The van der Waals surface area contributed by atoms with Crippen LogP contribution in [0.4, 0.5) is 9.59 Å². The topological polar surface area (TPSA) is 339 Å². The van der Waals surface area contributed by atoms with Gasteiger partial charge in [-0.05, 0) is 93.9 Å². The van der Waals surface area contributed by atoms with Crippen molar-refractivity contribution in [1.82, 2.24) is 47.0 Å². The van der Waals surface area contributed by atoms with Gasteiger partial charge < -0.3 is 71.3 Å². The number of urea groups is 1. The second kappa shape index (κ2) is 37.7. The number of carbonyl (C=O) groups excluding carboxylic acids is 9. The molecular formula is C88H108N12O14. The molecule has 2 unspecified atom stereocenters. The lowest BCUT2D eigenvalue weighted by Gasteiger charge is -2.36. The molecule has 114 heavy (non-hydrogen) atoms. The highest BCUT2D eigenvalue weighted by Gasteiger charge is 2.58. The number of likely N-dealkylation sites (tertiary alicyclic amines) is 2. The third-order valence-corrected chi connectivity index (χ3v) is 21.7. The molecule has 2 spiro atoms. The summed E-state index contributed by atoms with van der Waals surface area (Å²) in [4.78, 5) is 139. The van der Waals surface area contributed by atoms with Crippen LogP contribution < -0.4 is 37.2 Å². The van der Waals surface area contributed by atoms with Crippen LogP contribution >= 0.6 is 0 Å². The number of hydrogen-bond donors (Lipinski definition) is 8. The van der Waals surface area contributed by atoms with Crippen molar-refractivity contribution in [1.29, 1.82) is 0 Å². The van der Waals surface area contributed by atoms with Crippen LogP contribution in [0.2, 0.25) is 0 Å². The molecule has 2 saturated heterocycles. The zero-order valence-corrected chi connectivity index (χ0v) is 66.5. The van der Waals surface area contributed by atoms with Crippen LogP contribution in [-0.2, 0) is 65.8 Å².